The van der Waals surface area contributed by atoms with Gasteiger partial charge in [0.15, 0.2) is 0 Å². The quantitative estimate of drug-likeness (QED) is 0.814. The highest BCUT2D eigenvalue weighted by Crippen LogP contribution is 2.20. The van der Waals surface area contributed by atoms with Gasteiger partial charge in [-0.2, -0.15) is 0 Å². The van der Waals surface area contributed by atoms with Crippen molar-refractivity contribution in [2.75, 3.05) is 0 Å². The van der Waals surface area contributed by atoms with Gasteiger partial charge in [0.25, 0.3) is 0 Å². The molecule has 0 fully saturated rings. The first kappa shape index (κ1) is 13.8. The lowest BCUT2D eigenvalue weighted by molar-refractivity contribution is -0.120. The molecular weight excluding hydrogens is 262 g/mol. The van der Waals surface area contributed by atoms with E-state index in [1.54, 1.807) is 12.1 Å². The molecule has 19 heavy (non-hydrogen) atoms. The molecule has 0 aliphatic heterocycles. The molecule has 0 atom stereocenters. The molecule has 1 heterocycles. The normalized spacial score (nSPS) is 14.8. The van der Waals surface area contributed by atoms with Crippen LogP contribution in [0.15, 0.2) is 23.8 Å². The van der Waals surface area contributed by atoms with Crippen LogP contribution in [0.3, 0.4) is 0 Å². The van der Waals surface area contributed by atoms with Gasteiger partial charge in [0, 0.05) is 11.3 Å². The second-order valence-electron chi connectivity index (χ2n) is 4.63. The van der Waals surface area contributed by atoms with Crippen LogP contribution in [0.2, 0.25) is 0 Å². The molecule has 0 saturated heterocycles. The summed E-state index contributed by atoms with van der Waals surface area (Å²) in [6.07, 6.45) is 7.13. The molecule has 1 aliphatic carbocycles. The monoisotopic (exact) mass is 279 g/mol. The van der Waals surface area contributed by atoms with Crippen molar-refractivity contribution in [3.05, 3.63) is 33.5 Å². The average Bonchev–Trinajstić information content (AvgIpc) is 2.86. The Morgan fingerprint density at radius 2 is 2.16 bits per heavy atom. The van der Waals surface area contributed by atoms with E-state index in [0.717, 1.165) is 17.7 Å². The van der Waals surface area contributed by atoms with Crippen LogP contribution >= 0.6 is 11.3 Å². The van der Waals surface area contributed by atoms with Crippen LogP contribution < -0.4 is 5.32 Å². The maximum atomic E-state index is 11.8. The molecule has 0 unspecified atom stereocenters. The lowest BCUT2D eigenvalue weighted by Gasteiger charge is -2.12. The molecule has 1 aromatic rings. The maximum Gasteiger partial charge on any atom is 0.345 e. The highest BCUT2D eigenvalue weighted by Gasteiger charge is 2.10. The summed E-state index contributed by atoms with van der Waals surface area (Å²) < 4.78 is 0. The molecule has 0 saturated carbocycles. The smallest absolute Gasteiger partial charge is 0.345 e. The van der Waals surface area contributed by atoms with Crippen LogP contribution in [0.25, 0.3) is 0 Å². The predicted molar refractivity (Wildman–Crippen MR) is 74.3 cm³/mol. The zero-order valence-electron chi connectivity index (χ0n) is 10.6. The van der Waals surface area contributed by atoms with E-state index >= 15 is 0 Å². The zero-order valence-corrected chi connectivity index (χ0v) is 11.5. The minimum atomic E-state index is -0.921. The van der Waals surface area contributed by atoms with Gasteiger partial charge in [-0.3, -0.25) is 4.79 Å². The van der Waals surface area contributed by atoms with Crippen molar-refractivity contribution in [2.24, 2.45) is 0 Å². The Morgan fingerprint density at radius 3 is 2.79 bits per heavy atom. The van der Waals surface area contributed by atoms with Crippen LogP contribution in [0.1, 0.15) is 46.7 Å². The molecule has 5 heteroatoms. The number of nitrogens with one attached hydrogen (secondary N) is 1. The first-order valence-electron chi connectivity index (χ1n) is 6.42. The van der Waals surface area contributed by atoms with Gasteiger partial charge in [-0.1, -0.05) is 11.6 Å². The number of carbonyl (C=O) groups is 2. The largest absolute Gasteiger partial charge is 0.477 e. The second-order valence-corrected chi connectivity index (χ2v) is 5.80. The Kier molecular flexibility index (Phi) is 4.74. The minimum absolute atomic E-state index is 0.0124. The molecule has 1 aromatic heterocycles. The van der Waals surface area contributed by atoms with Crippen LogP contribution in [0.5, 0.6) is 0 Å². The van der Waals surface area contributed by atoms with E-state index in [-0.39, 0.29) is 5.91 Å². The summed E-state index contributed by atoms with van der Waals surface area (Å²) in [5.74, 6) is -0.909. The van der Waals surface area contributed by atoms with Crippen molar-refractivity contribution in [1.29, 1.82) is 0 Å². The van der Waals surface area contributed by atoms with Crippen LogP contribution in [-0.4, -0.2) is 17.0 Å². The zero-order chi connectivity index (χ0) is 13.7. The van der Waals surface area contributed by atoms with Gasteiger partial charge in [0.1, 0.15) is 4.88 Å². The SMILES string of the molecule is O=C(CC1=CCCCC1)NCc1ccc(C(=O)O)s1. The average molecular weight is 279 g/mol. The van der Waals surface area contributed by atoms with E-state index in [4.69, 9.17) is 5.11 Å². The van der Waals surface area contributed by atoms with Crippen molar-refractivity contribution >= 4 is 23.2 Å². The number of carboxylic acid groups (broad SMARTS) is 1. The molecule has 2 rings (SSSR count). The molecule has 0 spiro atoms. The third-order valence-electron chi connectivity index (χ3n) is 3.10. The lowest BCUT2D eigenvalue weighted by atomic mass is 9.97. The fourth-order valence-corrected chi connectivity index (χ4v) is 2.89. The molecule has 102 valence electrons. The highest BCUT2D eigenvalue weighted by atomic mass is 32.1. The number of carbonyl (C=O) groups excluding carboxylic acids is 1. The predicted octanol–water partition coefficient (Wildman–Crippen LogP) is 2.95. The Labute approximate surface area is 116 Å². The number of amides is 1. The Balaban J connectivity index is 1.79. The van der Waals surface area contributed by atoms with E-state index in [0.29, 0.717) is 17.8 Å². The number of thiophene rings is 1. The first-order valence-corrected chi connectivity index (χ1v) is 7.23. The van der Waals surface area contributed by atoms with Crippen LogP contribution in [-0.2, 0) is 11.3 Å². The molecule has 1 amide bonds. The van der Waals surface area contributed by atoms with E-state index < -0.39 is 5.97 Å². The summed E-state index contributed by atoms with van der Waals surface area (Å²) in [7, 11) is 0. The summed E-state index contributed by atoms with van der Waals surface area (Å²) in [4.78, 5) is 23.7. The topological polar surface area (TPSA) is 66.4 Å². The third kappa shape index (κ3) is 4.21. The third-order valence-corrected chi connectivity index (χ3v) is 4.18. The van der Waals surface area contributed by atoms with E-state index in [9.17, 15) is 9.59 Å². The molecule has 0 aromatic carbocycles. The Bertz CT molecular complexity index is 505. The summed E-state index contributed by atoms with van der Waals surface area (Å²) in [5, 5.41) is 11.6. The molecular formula is C14H17NO3S. The summed E-state index contributed by atoms with van der Waals surface area (Å²) in [5.41, 5.74) is 1.22. The van der Waals surface area contributed by atoms with Gasteiger partial charge in [-0.25, -0.2) is 4.79 Å². The number of allylic oxidation sites excluding steroid dienone is 1. The molecule has 2 N–H and O–H groups in total. The first-order chi connectivity index (χ1) is 9.15. The Hall–Kier alpha value is -1.62. The van der Waals surface area contributed by atoms with Crippen LogP contribution in [0.4, 0.5) is 0 Å². The Morgan fingerprint density at radius 1 is 1.32 bits per heavy atom. The highest BCUT2D eigenvalue weighted by molar-refractivity contribution is 7.13. The standard InChI is InChI=1S/C14H17NO3S/c16-13(8-10-4-2-1-3-5-10)15-9-11-6-7-12(19-11)14(17)18/h4,6-7H,1-3,5,8-9H2,(H,15,16)(H,17,18). The number of hydrogen-bond acceptors (Lipinski definition) is 3. The molecule has 0 bridgehead atoms. The van der Waals surface area contributed by atoms with Crippen LogP contribution in [0, 0.1) is 0 Å². The molecule has 4 nitrogen and oxygen atoms in total. The maximum absolute atomic E-state index is 11.8. The van der Waals surface area contributed by atoms with Crippen molar-refractivity contribution in [1.82, 2.24) is 5.32 Å². The lowest BCUT2D eigenvalue weighted by Crippen LogP contribution is -2.22. The molecule has 0 radical (unpaired) electrons. The van der Waals surface area contributed by atoms with Gasteiger partial charge >= 0.3 is 5.97 Å². The number of rotatable bonds is 5. The van der Waals surface area contributed by atoms with Gasteiger partial charge in [-0.15, -0.1) is 11.3 Å². The minimum Gasteiger partial charge on any atom is -0.477 e. The van der Waals surface area contributed by atoms with Gasteiger partial charge < -0.3 is 10.4 Å². The van der Waals surface area contributed by atoms with E-state index in [1.807, 2.05) is 0 Å². The molecule has 1 aliphatic rings. The number of hydrogen-bond donors (Lipinski definition) is 2. The summed E-state index contributed by atoms with van der Waals surface area (Å²) >= 11 is 1.20. The van der Waals surface area contributed by atoms with E-state index in [1.165, 1.54) is 29.8 Å². The van der Waals surface area contributed by atoms with Gasteiger partial charge in [-0.05, 0) is 37.8 Å². The van der Waals surface area contributed by atoms with Crippen molar-refractivity contribution in [2.45, 2.75) is 38.6 Å². The fourth-order valence-electron chi connectivity index (χ4n) is 2.11. The van der Waals surface area contributed by atoms with E-state index in [2.05, 4.69) is 11.4 Å². The second kappa shape index (κ2) is 6.52. The van der Waals surface area contributed by atoms with Gasteiger partial charge in [0.2, 0.25) is 5.91 Å². The van der Waals surface area contributed by atoms with Crippen molar-refractivity contribution in [3.8, 4) is 0 Å². The van der Waals surface area contributed by atoms with Gasteiger partial charge in [0.05, 0.1) is 6.54 Å². The number of aromatic carboxylic acids is 1. The van der Waals surface area contributed by atoms with Crippen molar-refractivity contribution < 1.29 is 14.7 Å². The summed E-state index contributed by atoms with van der Waals surface area (Å²) in [6.45, 7) is 0.407. The number of carboxylic acids is 1. The van der Waals surface area contributed by atoms with Crippen molar-refractivity contribution in [3.63, 3.8) is 0 Å². The fraction of sp³-hybridized carbons (Fsp3) is 0.429. The summed E-state index contributed by atoms with van der Waals surface area (Å²) in [6, 6.07) is 3.31.